The SMILES string of the molecule is Ic1ccc(OCc2ccsc2)cc1. The molecule has 3 heteroatoms. The molecule has 0 aliphatic rings. The first kappa shape index (κ1) is 9.98. The molecule has 0 bridgehead atoms. The van der Waals surface area contributed by atoms with E-state index in [-0.39, 0.29) is 0 Å². The fourth-order valence-corrected chi connectivity index (χ4v) is 2.09. The van der Waals surface area contributed by atoms with Crippen LogP contribution in [-0.2, 0) is 6.61 Å². The minimum absolute atomic E-state index is 0.657. The Bertz CT molecular complexity index is 380. The zero-order chi connectivity index (χ0) is 9.80. The number of halogens is 1. The summed E-state index contributed by atoms with van der Waals surface area (Å²) in [4.78, 5) is 0. The van der Waals surface area contributed by atoms with Gasteiger partial charge in [-0.25, -0.2) is 0 Å². The highest BCUT2D eigenvalue weighted by molar-refractivity contribution is 14.1. The second kappa shape index (κ2) is 4.79. The molecule has 1 heterocycles. The highest BCUT2D eigenvalue weighted by atomic mass is 127. The molecule has 0 unspecified atom stereocenters. The van der Waals surface area contributed by atoms with Crippen LogP contribution in [-0.4, -0.2) is 0 Å². The van der Waals surface area contributed by atoms with E-state index in [4.69, 9.17) is 4.74 Å². The molecule has 14 heavy (non-hydrogen) atoms. The molecule has 72 valence electrons. The second-order valence-electron chi connectivity index (χ2n) is 2.87. The molecule has 0 saturated carbocycles. The summed E-state index contributed by atoms with van der Waals surface area (Å²) in [6.45, 7) is 0.657. The molecule has 1 nitrogen and oxygen atoms in total. The number of rotatable bonds is 3. The van der Waals surface area contributed by atoms with Crippen LogP contribution in [0.5, 0.6) is 5.75 Å². The second-order valence-corrected chi connectivity index (χ2v) is 4.90. The molecule has 0 N–H and O–H groups in total. The Hall–Kier alpha value is -0.550. The van der Waals surface area contributed by atoms with E-state index in [9.17, 15) is 0 Å². The van der Waals surface area contributed by atoms with Crippen molar-refractivity contribution in [2.75, 3.05) is 0 Å². The van der Waals surface area contributed by atoms with E-state index in [1.807, 2.05) is 24.3 Å². The fraction of sp³-hybridized carbons (Fsp3) is 0.0909. The fourth-order valence-electron chi connectivity index (χ4n) is 1.07. The van der Waals surface area contributed by atoms with Crippen LogP contribution in [0, 0.1) is 3.57 Å². The monoisotopic (exact) mass is 316 g/mol. The van der Waals surface area contributed by atoms with E-state index in [2.05, 4.69) is 39.4 Å². The van der Waals surface area contributed by atoms with Crippen LogP contribution in [0.4, 0.5) is 0 Å². The van der Waals surface area contributed by atoms with Crippen molar-refractivity contribution in [1.82, 2.24) is 0 Å². The van der Waals surface area contributed by atoms with Gasteiger partial charge in [-0.3, -0.25) is 0 Å². The molecule has 1 aromatic carbocycles. The highest BCUT2D eigenvalue weighted by Crippen LogP contribution is 2.15. The van der Waals surface area contributed by atoms with Crippen LogP contribution < -0.4 is 4.74 Å². The van der Waals surface area contributed by atoms with Gasteiger partial charge in [0.2, 0.25) is 0 Å². The minimum Gasteiger partial charge on any atom is -0.489 e. The average Bonchev–Trinajstić information content (AvgIpc) is 2.70. The van der Waals surface area contributed by atoms with Gasteiger partial charge in [-0.2, -0.15) is 11.3 Å². The molecule has 0 atom stereocenters. The zero-order valence-electron chi connectivity index (χ0n) is 7.44. The molecule has 0 spiro atoms. The smallest absolute Gasteiger partial charge is 0.119 e. The molecule has 0 amide bonds. The summed E-state index contributed by atoms with van der Waals surface area (Å²) >= 11 is 3.98. The molecule has 0 fully saturated rings. The van der Waals surface area contributed by atoms with Gasteiger partial charge in [0.1, 0.15) is 12.4 Å². The third-order valence-corrected chi connectivity index (χ3v) is 3.25. The first-order valence-corrected chi connectivity index (χ1v) is 6.26. The maximum Gasteiger partial charge on any atom is 0.119 e. The predicted molar refractivity (Wildman–Crippen MR) is 67.8 cm³/mol. The summed E-state index contributed by atoms with van der Waals surface area (Å²) in [6.07, 6.45) is 0. The van der Waals surface area contributed by atoms with Gasteiger partial charge in [-0.15, -0.1) is 0 Å². The lowest BCUT2D eigenvalue weighted by Gasteiger charge is -2.04. The van der Waals surface area contributed by atoms with Crippen molar-refractivity contribution < 1.29 is 4.74 Å². The maximum atomic E-state index is 5.61. The normalized spacial score (nSPS) is 10.1. The van der Waals surface area contributed by atoms with E-state index < -0.39 is 0 Å². The number of hydrogen-bond donors (Lipinski definition) is 0. The van der Waals surface area contributed by atoms with Crippen LogP contribution in [0.15, 0.2) is 41.1 Å². The lowest BCUT2D eigenvalue weighted by atomic mass is 10.3. The van der Waals surface area contributed by atoms with Gasteiger partial charge in [0, 0.05) is 3.57 Å². The number of hydrogen-bond acceptors (Lipinski definition) is 2. The zero-order valence-corrected chi connectivity index (χ0v) is 10.4. The molecule has 2 rings (SSSR count). The van der Waals surface area contributed by atoms with Gasteiger partial charge in [-0.1, -0.05) is 0 Å². The lowest BCUT2D eigenvalue weighted by molar-refractivity contribution is 0.306. The summed E-state index contributed by atoms with van der Waals surface area (Å²) in [5, 5.41) is 4.17. The largest absolute Gasteiger partial charge is 0.489 e. The predicted octanol–water partition coefficient (Wildman–Crippen LogP) is 3.93. The Balaban J connectivity index is 1.95. The highest BCUT2D eigenvalue weighted by Gasteiger charge is 1.95. The molecule has 1 aromatic heterocycles. The Morgan fingerprint density at radius 1 is 1.14 bits per heavy atom. The van der Waals surface area contributed by atoms with Crippen molar-refractivity contribution in [3.63, 3.8) is 0 Å². The van der Waals surface area contributed by atoms with Crippen LogP contribution >= 0.6 is 33.9 Å². The first-order valence-electron chi connectivity index (χ1n) is 4.24. The number of benzene rings is 1. The Morgan fingerprint density at radius 3 is 2.57 bits per heavy atom. The van der Waals surface area contributed by atoms with E-state index in [1.165, 1.54) is 9.13 Å². The van der Waals surface area contributed by atoms with E-state index in [0.29, 0.717) is 6.61 Å². The summed E-state index contributed by atoms with van der Waals surface area (Å²) in [7, 11) is 0. The standard InChI is InChI=1S/C11H9IOS/c12-10-1-3-11(4-2-10)13-7-9-5-6-14-8-9/h1-6,8H,7H2. The van der Waals surface area contributed by atoms with Crippen LogP contribution in [0.25, 0.3) is 0 Å². The van der Waals surface area contributed by atoms with Crippen molar-refractivity contribution in [3.8, 4) is 5.75 Å². The van der Waals surface area contributed by atoms with Crippen molar-refractivity contribution in [2.45, 2.75) is 6.61 Å². The molecular weight excluding hydrogens is 307 g/mol. The van der Waals surface area contributed by atoms with E-state index in [0.717, 1.165) is 5.75 Å². The summed E-state index contributed by atoms with van der Waals surface area (Å²) < 4.78 is 6.84. The minimum atomic E-state index is 0.657. The third-order valence-electron chi connectivity index (χ3n) is 1.80. The van der Waals surface area contributed by atoms with Crippen molar-refractivity contribution in [2.24, 2.45) is 0 Å². The molecular formula is C11H9IOS. The van der Waals surface area contributed by atoms with Crippen molar-refractivity contribution in [3.05, 3.63) is 50.2 Å². The summed E-state index contributed by atoms with van der Waals surface area (Å²) in [5.74, 6) is 0.927. The quantitative estimate of drug-likeness (QED) is 0.780. The Labute approximate surface area is 101 Å². The Morgan fingerprint density at radius 2 is 1.93 bits per heavy atom. The van der Waals surface area contributed by atoms with E-state index >= 15 is 0 Å². The molecule has 0 saturated heterocycles. The van der Waals surface area contributed by atoms with Gasteiger partial charge in [-0.05, 0) is 69.2 Å². The van der Waals surface area contributed by atoms with Crippen LogP contribution in [0.3, 0.4) is 0 Å². The lowest BCUT2D eigenvalue weighted by Crippen LogP contribution is -1.92. The van der Waals surface area contributed by atoms with Gasteiger partial charge in [0.15, 0.2) is 0 Å². The molecule has 0 aliphatic heterocycles. The van der Waals surface area contributed by atoms with Gasteiger partial charge >= 0.3 is 0 Å². The number of thiophene rings is 1. The van der Waals surface area contributed by atoms with Crippen LogP contribution in [0.2, 0.25) is 0 Å². The first-order chi connectivity index (χ1) is 6.84. The van der Waals surface area contributed by atoms with E-state index in [1.54, 1.807) is 11.3 Å². The van der Waals surface area contributed by atoms with Gasteiger partial charge in [0.05, 0.1) is 0 Å². The van der Waals surface area contributed by atoms with Gasteiger partial charge < -0.3 is 4.74 Å². The van der Waals surface area contributed by atoms with Crippen LogP contribution in [0.1, 0.15) is 5.56 Å². The number of ether oxygens (including phenoxy) is 1. The Kier molecular flexibility index (Phi) is 3.42. The average molecular weight is 316 g/mol. The molecule has 0 radical (unpaired) electrons. The summed E-state index contributed by atoms with van der Waals surface area (Å²) in [6, 6.07) is 10.2. The van der Waals surface area contributed by atoms with Crippen molar-refractivity contribution >= 4 is 33.9 Å². The molecule has 2 aromatic rings. The molecule has 0 aliphatic carbocycles. The maximum absolute atomic E-state index is 5.61. The van der Waals surface area contributed by atoms with Gasteiger partial charge in [0.25, 0.3) is 0 Å². The summed E-state index contributed by atoms with van der Waals surface area (Å²) in [5.41, 5.74) is 1.23. The van der Waals surface area contributed by atoms with Crippen molar-refractivity contribution in [1.29, 1.82) is 0 Å². The third kappa shape index (κ3) is 2.72. The topological polar surface area (TPSA) is 9.23 Å².